The number of Topliss-reactive ketones (excluding diaryl/α,β-unsaturated/α-hetero) is 1. The summed E-state index contributed by atoms with van der Waals surface area (Å²) < 4.78 is 0. The Hall–Kier alpha value is -2.48. The number of carbonyl (C=O) groups is 1. The number of aromatic nitrogens is 1. The average Bonchev–Trinajstić information content (AvgIpc) is 2.88. The van der Waals surface area contributed by atoms with Crippen LogP contribution in [0.3, 0.4) is 0 Å². The van der Waals surface area contributed by atoms with Crippen LogP contribution in [-0.2, 0) is 6.42 Å². The number of benzene rings is 2. The van der Waals surface area contributed by atoms with Gasteiger partial charge >= 0.3 is 0 Å². The molecule has 2 aromatic carbocycles. The molecule has 0 saturated carbocycles. The van der Waals surface area contributed by atoms with Crippen LogP contribution in [-0.4, -0.2) is 10.8 Å². The molecule has 0 atom stereocenters. The Morgan fingerprint density at radius 2 is 1.65 bits per heavy atom. The van der Waals surface area contributed by atoms with Crippen molar-refractivity contribution >= 4 is 16.6 Å². The van der Waals surface area contributed by atoms with Crippen LogP contribution in [0.25, 0.3) is 21.9 Å². The molecule has 3 aromatic rings. The lowest BCUT2D eigenvalue weighted by atomic mass is 9.94. The molecule has 0 radical (unpaired) electrons. The molecule has 20 heavy (non-hydrogen) atoms. The second-order valence-corrected chi connectivity index (χ2v) is 5.16. The molecule has 0 saturated heterocycles. The van der Waals surface area contributed by atoms with Crippen LogP contribution < -0.4 is 0 Å². The van der Waals surface area contributed by atoms with Crippen molar-refractivity contribution in [1.82, 2.24) is 4.98 Å². The van der Waals surface area contributed by atoms with Gasteiger partial charge in [-0.25, -0.2) is 0 Å². The number of pyridine rings is 1. The van der Waals surface area contributed by atoms with Crippen molar-refractivity contribution in [2.24, 2.45) is 0 Å². The molecule has 0 unspecified atom stereocenters. The maximum atomic E-state index is 11.9. The topological polar surface area (TPSA) is 30.0 Å². The van der Waals surface area contributed by atoms with Crippen molar-refractivity contribution in [3.8, 4) is 11.1 Å². The fraction of sp³-hybridized carbons (Fsp3) is 0.111. The van der Waals surface area contributed by atoms with E-state index >= 15 is 0 Å². The van der Waals surface area contributed by atoms with Gasteiger partial charge in [0.15, 0.2) is 5.78 Å². The highest BCUT2D eigenvalue weighted by molar-refractivity contribution is 6.04. The molecule has 2 nitrogen and oxygen atoms in total. The van der Waals surface area contributed by atoms with Crippen molar-refractivity contribution in [3.05, 3.63) is 66.0 Å². The molecule has 0 amide bonds. The van der Waals surface area contributed by atoms with Gasteiger partial charge in [-0.05, 0) is 34.6 Å². The van der Waals surface area contributed by atoms with Gasteiger partial charge in [0.1, 0.15) is 0 Å². The minimum atomic E-state index is 0.264. The summed E-state index contributed by atoms with van der Waals surface area (Å²) in [6.07, 6.45) is 5.20. The van der Waals surface area contributed by atoms with Crippen LogP contribution in [0.5, 0.6) is 0 Å². The third kappa shape index (κ3) is 1.58. The predicted molar refractivity (Wildman–Crippen MR) is 79.8 cm³/mol. The van der Waals surface area contributed by atoms with Crippen LogP contribution in [0, 0.1) is 0 Å². The largest absolute Gasteiger partial charge is 0.294 e. The quantitative estimate of drug-likeness (QED) is 0.660. The summed E-state index contributed by atoms with van der Waals surface area (Å²) in [5.41, 5.74) is 4.42. The Morgan fingerprint density at radius 1 is 0.850 bits per heavy atom. The molecule has 2 heteroatoms. The second kappa shape index (κ2) is 4.27. The van der Waals surface area contributed by atoms with Gasteiger partial charge in [0, 0.05) is 29.8 Å². The highest BCUT2D eigenvalue weighted by Crippen LogP contribution is 2.35. The second-order valence-electron chi connectivity index (χ2n) is 5.16. The summed E-state index contributed by atoms with van der Waals surface area (Å²) in [6, 6.07) is 14.3. The van der Waals surface area contributed by atoms with E-state index in [0.717, 1.165) is 17.4 Å². The van der Waals surface area contributed by atoms with Crippen LogP contribution in [0.1, 0.15) is 22.3 Å². The summed E-state index contributed by atoms with van der Waals surface area (Å²) in [5.74, 6) is 0.264. The Labute approximate surface area is 117 Å². The zero-order chi connectivity index (χ0) is 13.5. The lowest BCUT2D eigenvalue weighted by molar-refractivity contribution is 0.0994. The molecule has 0 aliphatic heterocycles. The average molecular weight is 259 g/mol. The van der Waals surface area contributed by atoms with E-state index in [9.17, 15) is 4.79 Å². The Bertz CT molecular complexity index is 830. The Balaban J connectivity index is 2.04. The highest BCUT2D eigenvalue weighted by atomic mass is 16.1. The van der Waals surface area contributed by atoms with Crippen LogP contribution >= 0.6 is 0 Å². The van der Waals surface area contributed by atoms with E-state index in [1.165, 1.54) is 22.1 Å². The first-order chi connectivity index (χ1) is 9.84. The van der Waals surface area contributed by atoms with Gasteiger partial charge in [-0.2, -0.15) is 0 Å². The van der Waals surface area contributed by atoms with E-state index in [-0.39, 0.29) is 5.78 Å². The van der Waals surface area contributed by atoms with Crippen molar-refractivity contribution in [3.63, 3.8) is 0 Å². The number of fused-ring (bicyclic) bond motifs is 2. The molecular formula is C18H13NO. The summed E-state index contributed by atoms with van der Waals surface area (Å²) in [5, 5.41) is 2.32. The number of ketones is 1. The van der Waals surface area contributed by atoms with Crippen molar-refractivity contribution < 1.29 is 4.79 Å². The molecule has 96 valence electrons. The van der Waals surface area contributed by atoms with Gasteiger partial charge in [0.2, 0.25) is 0 Å². The summed E-state index contributed by atoms with van der Waals surface area (Å²) in [4.78, 5) is 16.1. The smallest absolute Gasteiger partial charge is 0.163 e. The van der Waals surface area contributed by atoms with Gasteiger partial charge < -0.3 is 0 Å². The summed E-state index contributed by atoms with van der Waals surface area (Å²) in [7, 11) is 0. The molecule has 4 rings (SSSR count). The van der Waals surface area contributed by atoms with Gasteiger partial charge in [-0.15, -0.1) is 0 Å². The number of hydrogen-bond donors (Lipinski definition) is 0. The van der Waals surface area contributed by atoms with Gasteiger partial charge in [0.05, 0.1) is 0 Å². The van der Waals surface area contributed by atoms with Gasteiger partial charge in [-0.3, -0.25) is 9.78 Å². The van der Waals surface area contributed by atoms with Crippen molar-refractivity contribution in [2.45, 2.75) is 12.8 Å². The number of carbonyl (C=O) groups excluding carboxylic acids is 1. The molecular weight excluding hydrogens is 246 g/mol. The van der Waals surface area contributed by atoms with E-state index < -0.39 is 0 Å². The molecule has 1 aromatic heterocycles. The van der Waals surface area contributed by atoms with Crippen molar-refractivity contribution in [1.29, 1.82) is 0 Å². The third-order valence-electron chi connectivity index (χ3n) is 4.05. The SMILES string of the molecule is O=C1CCc2c1cccc2-c1cccc2ccncc12. The van der Waals surface area contributed by atoms with E-state index in [1.54, 1.807) is 0 Å². The minimum Gasteiger partial charge on any atom is -0.294 e. The van der Waals surface area contributed by atoms with Crippen LogP contribution in [0.15, 0.2) is 54.9 Å². The minimum absolute atomic E-state index is 0.264. The fourth-order valence-electron chi connectivity index (χ4n) is 3.09. The van der Waals surface area contributed by atoms with E-state index in [0.29, 0.717) is 6.42 Å². The first-order valence-electron chi connectivity index (χ1n) is 6.83. The maximum Gasteiger partial charge on any atom is 0.163 e. The third-order valence-corrected chi connectivity index (χ3v) is 4.05. The van der Waals surface area contributed by atoms with Gasteiger partial charge in [-0.1, -0.05) is 36.4 Å². The zero-order valence-corrected chi connectivity index (χ0v) is 11.0. The molecule has 0 N–H and O–H groups in total. The van der Waals surface area contributed by atoms with E-state index in [1.807, 2.05) is 30.6 Å². The fourth-order valence-corrected chi connectivity index (χ4v) is 3.09. The van der Waals surface area contributed by atoms with Crippen LogP contribution in [0.2, 0.25) is 0 Å². The highest BCUT2D eigenvalue weighted by Gasteiger charge is 2.22. The summed E-state index contributed by atoms with van der Waals surface area (Å²) >= 11 is 0. The lowest BCUT2D eigenvalue weighted by Gasteiger charge is -2.10. The Morgan fingerprint density at radius 3 is 2.60 bits per heavy atom. The predicted octanol–water partition coefficient (Wildman–Crippen LogP) is 4.03. The molecule has 0 spiro atoms. The maximum absolute atomic E-state index is 11.9. The first kappa shape index (κ1) is 11.4. The molecule has 1 aliphatic carbocycles. The molecule has 0 fully saturated rings. The van der Waals surface area contributed by atoms with Gasteiger partial charge in [0.25, 0.3) is 0 Å². The van der Waals surface area contributed by atoms with E-state index in [2.05, 4.69) is 29.2 Å². The lowest BCUT2D eigenvalue weighted by Crippen LogP contribution is -1.93. The number of nitrogens with zero attached hydrogens (tertiary/aromatic N) is 1. The number of rotatable bonds is 1. The normalized spacial score (nSPS) is 13.7. The monoisotopic (exact) mass is 259 g/mol. The zero-order valence-electron chi connectivity index (χ0n) is 11.0. The standard InChI is InChI=1S/C18H13NO/c20-18-8-7-15-13(5-2-6-16(15)18)14-4-1-3-12-9-10-19-11-17(12)14/h1-6,9-11H,7-8H2. The molecule has 0 bridgehead atoms. The van der Waals surface area contributed by atoms with Crippen LogP contribution in [0.4, 0.5) is 0 Å². The number of hydrogen-bond acceptors (Lipinski definition) is 2. The van der Waals surface area contributed by atoms with Crippen molar-refractivity contribution in [2.75, 3.05) is 0 Å². The summed E-state index contributed by atoms with van der Waals surface area (Å²) in [6.45, 7) is 0. The molecule has 1 heterocycles. The molecule has 1 aliphatic rings. The Kier molecular flexibility index (Phi) is 2.43. The van der Waals surface area contributed by atoms with E-state index in [4.69, 9.17) is 0 Å². The first-order valence-corrected chi connectivity index (χ1v) is 6.83.